The first-order valence-corrected chi connectivity index (χ1v) is 9.76. The lowest BCUT2D eigenvalue weighted by Gasteiger charge is -2.51. The van der Waals surface area contributed by atoms with E-state index in [1.165, 1.54) is 11.1 Å². The van der Waals surface area contributed by atoms with Gasteiger partial charge in [0, 0.05) is 17.7 Å². The zero-order chi connectivity index (χ0) is 23.0. The molecule has 5 atom stereocenters. The Morgan fingerprint density at radius 2 is 1.87 bits per heavy atom. The summed E-state index contributed by atoms with van der Waals surface area (Å²) >= 11 is 0. The minimum absolute atomic E-state index is 0.0442. The molecular weight excluding hydrogens is 406 g/mol. The topological polar surface area (TPSA) is 174 Å². The van der Waals surface area contributed by atoms with E-state index < -0.39 is 64.0 Å². The van der Waals surface area contributed by atoms with E-state index in [2.05, 4.69) is 4.98 Å². The smallest absolute Gasteiger partial charge is 0.255 e. The van der Waals surface area contributed by atoms with Crippen molar-refractivity contribution in [1.29, 1.82) is 0 Å². The van der Waals surface area contributed by atoms with Crippen LogP contribution in [0.15, 0.2) is 35.1 Å². The molecule has 0 aliphatic heterocycles. The summed E-state index contributed by atoms with van der Waals surface area (Å²) in [5.74, 6) is -7.14. The maximum absolute atomic E-state index is 13.3. The predicted octanol–water partition coefficient (Wildman–Crippen LogP) is 0.0766. The van der Waals surface area contributed by atoms with Crippen LogP contribution in [0.25, 0.3) is 0 Å². The quantitative estimate of drug-likeness (QED) is 0.408. The van der Waals surface area contributed by atoms with Crippen molar-refractivity contribution in [3.63, 3.8) is 0 Å². The van der Waals surface area contributed by atoms with E-state index in [1.54, 1.807) is 21.0 Å². The number of rotatable bonds is 2. The number of ketones is 2. The Bertz CT molecular complexity index is 1110. The predicted molar refractivity (Wildman–Crippen MR) is 106 cm³/mol. The van der Waals surface area contributed by atoms with Gasteiger partial charge in [-0.2, -0.15) is 0 Å². The molecule has 0 fully saturated rings. The maximum Gasteiger partial charge on any atom is 0.255 e. The highest BCUT2D eigenvalue weighted by molar-refractivity contribution is 6.24. The number of fused-ring (bicyclic) bond motifs is 3. The first-order chi connectivity index (χ1) is 14.4. The Morgan fingerprint density at radius 3 is 2.45 bits per heavy atom. The van der Waals surface area contributed by atoms with Crippen molar-refractivity contribution < 1.29 is 34.8 Å². The summed E-state index contributed by atoms with van der Waals surface area (Å²) in [6.45, 7) is 1.79. The molecule has 3 aliphatic carbocycles. The third kappa shape index (κ3) is 2.52. The van der Waals surface area contributed by atoms with E-state index in [-0.39, 0.29) is 23.3 Å². The van der Waals surface area contributed by atoms with Crippen LogP contribution in [0.2, 0.25) is 0 Å². The van der Waals surface area contributed by atoms with Gasteiger partial charge in [0.15, 0.2) is 11.4 Å². The van der Waals surface area contributed by atoms with Gasteiger partial charge >= 0.3 is 0 Å². The van der Waals surface area contributed by atoms with Crippen LogP contribution in [0.4, 0.5) is 0 Å². The molecule has 31 heavy (non-hydrogen) atoms. The lowest BCUT2D eigenvalue weighted by molar-refractivity contribution is -0.148. The second kappa shape index (κ2) is 6.63. The molecule has 4 rings (SSSR count). The minimum atomic E-state index is -2.63. The molecule has 10 heteroatoms. The number of carbonyl (C=O) groups is 3. The van der Waals surface area contributed by atoms with Crippen LogP contribution in [-0.2, 0) is 9.59 Å². The van der Waals surface area contributed by atoms with Gasteiger partial charge in [0.2, 0.25) is 5.78 Å². The standard InChI is InChI=1S/C21H23N3O7/c1-7-8-4-10-15(24(2)3)17(27)14(20(22)30)19(29)21(10,31)18(28)13(8)16(26)12-9(7)5-23-6-11(12)25/h5-8,10,15,25,27-28,31H,4H2,1-3H3,(H2,22,30)/t7-,8-,10+,15+,21+/m1/s1. The molecular formula is C21H23N3O7. The van der Waals surface area contributed by atoms with Crippen molar-refractivity contribution in [2.75, 3.05) is 14.1 Å². The number of allylic oxidation sites excluding steroid dienone is 1. The number of nitrogens with two attached hydrogens (primary N) is 1. The van der Waals surface area contributed by atoms with Gasteiger partial charge in [-0.3, -0.25) is 24.3 Å². The number of aliphatic hydroxyl groups is 3. The van der Waals surface area contributed by atoms with E-state index in [4.69, 9.17) is 5.73 Å². The number of Topliss-reactive ketones (excluding diaryl/α,β-unsaturated/α-hetero) is 2. The largest absolute Gasteiger partial charge is 0.510 e. The molecule has 0 bridgehead atoms. The molecule has 3 aliphatic rings. The zero-order valence-electron chi connectivity index (χ0n) is 17.2. The summed E-state index contributed by atoms with van der Waals surface area (Å²) < 4.78 is 0. The highest BCUT2D eigenvalue weighted by Gasteiger charge is 2.63. The third-order valence-corrected chi connectivity index (χ3v) is 6.85. The molecule has 0 radical (unpaired) electrons. The molecule has 1 aromatic rings. The fourth-order valence-corrected chi connectivity index (χ4v) is 5.38. The van der Waals surface area contributed by atoms with Crippen molar-refractivity contribution in [3.05, 3.63) is 46.2 Å². The molecule has 1 amide bonds. The van der Waals surface area contributed by atoms with Gasteiger partial charge in [0.1, 0.15) is 22.8 Å². The van der Waals surface area contributed by atoms with Crippen LogP contribution >= 0.6 is 0 Å². The monoisotopic (exact) mass is 429 g/mol. The molecule has 1 heterocycles. The summed E-state index contributed by atoms with van der Waals surface area (Å²) in [4.78, 5) is 43.8. The number of nitrogens with zero attached hydrogens (tertiary/aromatic N) is 2. The highest BCUT2D eigenvalue weighted by atomic mass is 16.3. The van der Waals surface area contributed by atoms with Crippen molar-refractivity contribution in [1.82, 2.24) is 9.88 Å². The Hall–Kier alpha value is -3.24. The molecule has 6 N–H and O–H groups in total. The number of carbonyl (C=O) groups excluding carboxylic acids is 3. The SMILES string of the molecule is C[C@H]1c2cncc(O)c2C(=O)C2=C(O)[C@]3(O)C(=O)C(C(N)=O)=C(O)[C@@H](N(C)C)[C@@H]3C[C@@H]21. The molecule has 0 saturated heterocycles. The van der Waals surface area contributed by atoms with Gasteiger partial charge in [0.05, 0.1) is 17.8 Å². The normalized spacial score (nSPS) is 32.7. The average Bonchev–Trinajstić information content (AvgIpc) is 2.68. The first kappa shape index (κ1) is 21.0. The van der Waals surface area contributed by atoms with Gasteiger partial charge in [-0.15, -0.1) is 0 Å². The molecule has 0 unspecified atom stereocenters. The summed E-state index contributed by atoms with van der Waals surface area (Å²) in [6, 6.07) is -1.01. The summed E-state index contributed by atoms with van der Waals surface area (Å²) in [7, 11) is 3.16. The number of hydrogen-bond acceptors (Lipinski definition) is 9. The second-order valence-electron chi connectivity index (χ2n) is 8.58. The average molecular weight is 429 g/mol. The van der Waals surface area contributed by atoms with Gasteiger partial charge in [0.25, 0.3) is 5.91 Å². The molecule has 1 aromatic heterocycles. The summed E-state index contributed by atoms with van der Waals surface area (Å²) in [5.41, 5.74) is 2.08. The Kier molecular flexibility index (Phi) is 4.49. The summed E-state index contributed by atoms with van der Waals surface area (Å²) in [5, 5.41) is 43.5. The van der Waals surface area contributed by atoms with Crippen molar-refractivity contribution in [3.8, 4) is 5.75 Å². The van der Waals surface area contributed by atoms with Crippen molar-refractivity contribution >= 4 is 17.5 Å². The minimum Gasteiger partial charge on any atom is -0.510 e. The third-order valence-electron chi connectivity index (χ3n) is 6.85. The van der Waals surface area contributed by atoms with Gasteiger partial charge in [-0.25, -0.2) is 0 Å². The van der Waals surface area contributed by atoms with E-state index in [1.807, 2.05) is 0 Å². The highest BCUT2D eigenvalue weighted by Crippen LogP contribution is 2.55. The number of primary amides is 1. The lowest BCUT2D eigenvalue weighted by Crippen LogP contribution is -2.64. The Morgan fingerprint density at radius 1 is 1.23 bits per heavy atom. The molecule has 0 saturated carbocycles. The molecule has 0 aromatic carbocycles. The fraction of sp³-hybridized carbons (Fsp3) is 0.429. The fourth-order valence-electron chi connectivity index (χ4n) is 5.38. The van der Waals surface area contributed by atoms with Crippen LogP contribution in [0.1, 0.15) is 35.2 Å². The summed E-state index contributed by atoms with van der Waals surface area (Å²) in [6.07, 6.45) is 2.61. The van der Waals surface area contributed by atoms with Crippen molar-refractivity contribution in [2.24, 2.45) is 17.6 Å². The Balaban J connectivity index is 2.01. The van der Waals surface area contributed by atoms with E-state index in [0.717, 1.165) is 6.20 Å². The maximum atomic E-state index is 13.3. The van der Waals surface area contributed by atoms with Crippen LogP contribution in [0.3, 0.4) is 0 Å². The lowest BCUT2D eigenvalue weighted by atomic mass is 9.56. The molecule has 10 nitrogen and oxygen atoms in total. The number of hydrogen-bond donors (Lipinski definition) is 5. The number of amides is 1. The number of aliphatic hydroxyl groups excluding tert-OH is 2. The molecule has 164 valence electrons. The van der Waals surface area contributed by atoms with Crippen LogP contribution in [0.5, 0.6) is 5.75 Å². The number of aromatic nitrogens is 1. The second-order valence-corrected chi connectivity index (χ2v) is 8.58. The number of pyridine rings is 1. The number of likely N-dealkylation sites (N-methyl/N-ethyl adjacent to an activating group) is 1. The zero-order valence-corrected chi connectivity index (χ0v) is 17.2. The van der Waals surface area contributed by atoms with Crippen molar-refractivity contribution in [2.45, 2.75) is 30.9 Å². The first-order valence-electron chi connectivity index (χ1n) is 9.76. The number of aromatic hydroxyl groups is 1. The van der Waals surface area contributed by atoms with Crippen LogP contribution in [-0.4, -0.2) is 73.5 Å². The Labute approximate surface area is 177 Å². The molecule has 0 spiro atoms. The van der Waals surface area contributed by atoms with E-state index in [0.29, 0.717) is 5.56 Å². The van der Waals surface area contributed by atoms with Crippen LogP contribution in [0, 0.1) is 11.8 Å². The van der Waals surface area contributed by atoms with Gasteiger partial charge < -0.3 is 26.2 Å². The van der Waals surface area contributed by atoms with Gasteiger partial charge in [-0.1, -0.05) is 6.92 Å². The van der Waals surface area contributed by atoms with Crippen LogP contribution < -0.4 is 5.73 Å². The van der Waals surface area contributed by atoms with Gasteiger partial charge in [-0.05, 0) is 37.9 Å². The van der Waals surface area contributed by atoms with E-state index >= 15 is 0 Å². The van der Waals surface area contributed by atoms with E-state index in [9.17, 15) is 34.8 Å².